The molecule has 0 N–H and O–H groups in total. The number of anilines is 1. The number of hydrogen-bond acceptors (Lipinski definition) is 6. The van der Waals surface area contributed by atoms with Crippen LogP contribution >= 0.6 is 0 Å². The van der Waals surface area contributed by atoms with Crippen LogP contribution in [-0.2, 0) is 7.05 Å². The van der Waals surface area contributed by atoms with Crippen molar-refractivity contribution in [2.75, 3.05) is 50.7 Å². The molecule has 0 aromatic carbocycles. The summed E-state index contributed by atoms with van der Waals surface area (Å²) in [5, 5.41) is 5.30. The van der Waals surface area contributed by atoms with Crippen molar-refractivity contribution in [2.24, 2.45) is 13.0 Å². The van der Waals surface area contributed by atoms with Crippen LogP contribution in [0.5, 0.6) is 0 Å². The molecule has 152 valence electrons. The van der Waals surface area contributed by atoms with Gasteiger partial charge in [-0.25, -0.2) is 9.97 Å². The van der Waals surface area contributed by atoms with Gasteiger partial charge in [0.2, 0.25) is 5.82 Å². The number of amides is 1. The Morgan fingerprint density at radius 1 is 1.11 bits per heavy atom. The third-order valence-electron chi connectivity index (χ3n) is 6.05. The first-order valence-corrected chi connectivity index (χ1v) is 10.5. The molecule has 4 rings (SSSR count). The Hall–Kier alpha value is -2.22. The highest BCUT2D eigenvalue weighted by Crippen LogP contribution is 2.28. The molecule has 2 aliphatic rings. The summed E-state index contributed by atoms with van der Waals surface area (Å²) in [6, 6.07) is 0. The highest BCUT2D eigenvalue weighted by atomic mass is 16.2. The molecule has 2 saturated heterocycles. The van der Waals surface area contributed by atoms with Gasteiger partial charge in [0, 0.05) is 46.3 Å². The third kappa shape index (κ3) is 3.70. The van der Waals surface area contributed by atoms with E-state index in [1.165, 1.54) is 0 Å². The lowest BCUT2D eigenvalue weighted by Crippen LogP contribution is -2.49. The van der Waals surface area contributed by atoms with Crippen LogP contribution in [0.15, 0.2) is 6.20 Å². The van der Waals surface area contributed by atoms with E-state index < -0.39 is 0 Å². The molecule has 2 aromatic heterocycles. The van der Waals surface area contributed by atoms with E-state index in [2.05, 4.69) is 33.7 Å². The number of carbonyl (C=O) groups excluding carboxylic acids is 1. The monoisotopic (exact) mass is 385 g/mol. The number of piperazine rings is 1. The maximum Gasteiger partial charge on any atom is 0.291 e. The Labute approximate surface area is 166 Å². The second-order valence-electron chi connectivity index (χ2n) is 8.18. The van der Waals surface area contributed by atoms with Crippen molar-refractivity contribution >= 4 is 22.8 Å². The van der Waals surface area contributed by atoms with E-state index >= 15 is 0 Å². The van der Waals surface area contributed by atoms with E-state index in [0.29, 0.717) is 5.82 Å². The lowest BCUT2D eigenvalue weighted by molar-refractivity contribution is 0.0626. The molecule has 8 nitrogen and oxygen atoms in total. The molecule has 0 radical (unpaired) electrons. The van der Waals surface area contributed by atoms with Crippen molar-refractivity contribution < 1.29 is 4.79 Å². The number of nitrogens with zero attached hydrogens (tertiary/aromatic N) is 7. The minimum atomic E-state index is -0.0640. The Morgan fingerprint density at radius 3 is 2.50 bits per heavy atom. The molecule has 2 aliphatic heterocycles. The summed E-state index contributed by atoms with van der Waals surface area (Å²) in [6.45, 7) is 10.8. The predicted octanol–water partition coefficient (Wildman–Crippen LogP) is 1.77. The van der Waals surface area contributed by atoms with Crippen LogP contribution in [-0.4, -0.2) is 81.3 Å². The smallest absolute Gasteiger partial charge is 0.291 e. The minimum Gasteiger partial charge on any atom is -0.356 e. The number of aryl methyl sites for hydroxylation is 1. The Morgan fingerprint density at radius 2 is 1.82 bits per heavy atom. The van der Waals surface area contributed by atoms with Crippen LogP contribution < -0.4 is 4.90 Å². The van der Waals surface area contributed by atoms with E-state index in [1.807, 2.05) is 18.1 Å². The number of hydrogen-bond donors (Lipinski definition) is 0. The van der Waals surface area contributed by atoms with Crippen molar-refractivity contribution in [1.82, 2.24) is 29.5 Å². The predicted molar refractivity (Wildman–Crippen MR) is 110 cm³/mol. The van der Waals surface area contributed by atoms with Gasteiger partial charge in [-0.2, -0.15) is 5.10 Å². The average molecular weight is 386 g/mol. The second kappa shape index (κ2) is 8.03. The maximum absolute atomic E-state index is 13.2. The van der Waals surface area contributed by atoms with Gasteiger partial charge in [-0.3, -0.25) is 14.4 Å². The molecule has 0 aliphatic carbocycles. The van der Waals surface area contributed by atoms with E-state index in [0.717, 1.165) is 87.8 Å². The van der Waals surface area contributed by atoms with Crippen LogP contribution in [0.25, 0.3) is 11.0 Å². The van der Waals surface area contributed by atoms with Crippen molar-refractivity contribution in [3.63, 3.8) is 0 Å². The van der Waals surface area contributed by atoms with Crippen molar-refractivity contribution in [1.29, 1.82) is 0 Å². The van der Waals surface area contributed by atoms with E-state index in [-0.39, 0.29) is 5.91 Å². The molecule has 2 aromatic rings. The van der Waals surface area contributed by atoms with Gasteiger partial charge in [-0.05, 0) is 31.7 Å². The summed E-state index contributed by atoms with van der Waals surface area (Å²) >= 11 is 0. The summed E-state index contributed by atoms with van der Waals surface area (Å²) in [6.07, 6.45) is 5.26. The van der Waals surface area contributed by atoms with Gasteiger partial charge >= 0.3 is 0 Å². The molecule has 0 spiro atoms. The highest BCUT2D eigenvalue weighted by molar-refractivity contribution is 5.95. The van der Waals surface area contributed by atoms with Crippen LogP contribution in [0.1, 0.15) is 43.7 Å². The topological polar surface area (TPSA) is 70.4 Å². The lowest BCUT2D eigenvalue weighted by Gasteiger charge is -2.34. The first-order chi connectivity index (χ1) is 13.6. The average Bonchev–Trinajstić information content (AvgIpc) is 3.09. The summed E-state index contributed by atoms with van der Waals surface area (Å²) in [4.78, 5) is 29.1. The molecule has 0 unspecified atom stereocenters. The highest BCUT2D eigenvalue weighted by Gasteiger charge is 2.27. The Balaban J connectivity index is 1.60. The molecular formula is C20H31N7O. The summed E-state index contributed by atoms with van der Waals surface area (Å²) in [5.41, 5.74) is 0.733. The molecule has 0 bridgehead atoms. The third-order valence-corrected chi connectivity index (χ3v) is 6.05. The van der Waals surface area contributed by atoms with Crippen molar-refractivity contribution in [3.05, 3.63) is 12.0 Å². The number of aromatic nitrogens is 4. The summed E-state index contributed by atoms with van der Waals surface area (Å²) in [5.74, 6) is 1.83. The quantitative estimate of drug-likeness (QED) is 0.799. The van der Waals surface area contributed by atoms with Crippen LogP contribution in [0.3, 0.4) is 0 Å². The van der Waals surface area contributed by atoms with Crippen LogP contribution in [0.4, 0.5) is 5.82 Å². The molecular weight excluding hydrogens is 354 g/mol. The molecule has 4 heterocycles. The van der Waals surface area contributed by atoms with E-state index in [1.54, 1.807) is 4.68 Å². The van der Waals surface area contributed by atoms with Gasteiger partial charge in [0.15, 0.2) is 5.65 Å². The van der Waals surface area contributed by atoms with Gasteiger partial charge in [0.05, 0.1) is 11.6 Å². The lowest BCUT2D eigenvalue weighted by atomic mass is 9.99. The van der Waals surface area contributed by atoms with Gasteiger partial charge in [-0.1, -0.05) is 13.8 Å². The SMILES string of the molecule is CCCN1CCN(C(=O)c2nc(N3CCC(C)CC3)c3cnn(C)c3n2)CC1. The fraction of sp³-hybridized carbons (Fsp3) is 0.700. The number of fused-ring (bicyclic) bond motifs is 1. The first kappa shape index (κ1) is 19.1. The van der Waals surface area contributed by atoms with Gasteiger partial charge in [-0.15, -0.1) is 0 Å². The van der Waals surface area contributed by atoms with Crippen molar-refractivity contribution in [2.45, 2.75) is 33.1 Å². The first-order valence-electron chi connectivity index (χ1n) is 10.5. The fourth-order valence-electron chi connectivity index (χ4n) is 4.20. The molecule has 0 saturated carbocycles. The number of rotatable bonds is 4. The molecule has 0 atom stereocenters. The van der Waals surface area contributed by atoms with E-state index in [9.17, 15) is 4.79 Å². The molecule has 2 fully saturated rings. The zero-order chi connectivity index (χ0) is 19.7. The Kier molecular flexibility index (Phi) is 5.48. The van der Waals surface area contributed by atoms with Gasteiger partial charge in [0.1, 0.15) is 5.82 Å². The normalized spacial score (nSPS) is 19.5. The van der Waals surface area contributed by atoms with Gasteiger partial charge < -0.3 is 9.80 Å². The standard InChI is InChI=1S/C20H31N7O/c1-4-7-25-10-12-27(13-11-25)20(28)17-22-18-16(14-21-24(18)3)19(23-17)26-8-5-15(2)6-9-26/h14-15H,4-13H2,1-3H3. The number of piperidine rings is 1. The van der Waals surface area contributed by atoms with Crippen LogP contribution in [0.2, 0.25) is 0 Å². The fourth-order valence-corrected chi connectivity index (χ4v) is 4.20. The zero-order valence-corrected chi connectivity index (χ0v) is 17.3. The van der Waals surface area contributed by atoms with Crippen LogP contribution in [0, 0.1) is 5.92 Å². The molecule has 28 heavy (non-hydrogen) atoms. The van der Waals surface area contributed by atoms with Crippen molar-refractivity contribution in [3.8, 4) is 0 Å². The second-order valence-corrected chi connectivity index (χ2v) is 8.18. The Bertz CT molecular complexity index is 832. The summed E-state index contributed by atoms with van der Waals surface area (Å²) < 4.78 is 1.74. The van der Waals surface area contributed by atoms with Gasteiger partial charge in [0.25, 0.3) is 5.91 Å². The molecule has 1 amide bonds. The summed E-state index contributed by atoms with van der Waals surface area (Å²) in [7, 11) is 1.87. The number of carbonyl (C=O) groups is 1. The maximum atomic E-state index is 13.2. The van der Waals surface area contributed by atoms with E-state index in [4.69, 9.17) is 4.98 Å². The zero-order valence-electron chi connectivity index (χ0n) is 17.3. The minimum absolute atomic E-state index is 0.0640. The largest absolute Gasteiger partial charge is 0.356 e. The molecule has 8 heteroatoms.